The molecule has 2 aromatic rings. The van der Waals surface area contributed by atoms with E-state index in [9.17, 15) is 9.59 Å². The van der Waals surface area contributed by atoms with Crippen molar-refractivity contribution in [3.63, 3.8) is 0 Å². The standard InChI is InChI=1S/C23H33N3O2/c1-17(2)12-14-26-15-13-18(3)21(23(26)28)22(27)25(6)20(16-24(4)5)19-10-8-7-9-11-19/h7-11,13,15,17,20H,12,14,16H2,1-6H3. The second kappa shape index (κ2) is 9.69. The quantitative estimate of drug-likeness (QED) is 0.700. The third-order valence-electron chi connectivity index (χ3n) is 5.05. The molecule has 0 aliphatic carbocycles. The molecule has 1 aromatic carbocycles. The molecule has 152 valence electrons. The average molecular weight is 384 g/mol. The minimum atomic E-state index is -0.225. The molecule has 0 N–H and O–H groups in total. The highest BCUT2D eigenvalue weighted by Crippen LogP contribution is 2.22. The number of aromatic nitrogens is 1. The molecule has 0 bridgehead atoms. The highest BCUT2D eigenvalue weighted by molar-refractivity contribution is 5.95. The van der Waals surface area contributed by atoms with Crippen molar-refractivity contribution in [1.82, 2.24) is 14.4 Å². The van der Waals surface area contributed by atoms with Crippen LogP contribution in [0.2, 0.25) is 0 Å². The monoisotopic (exact) mass is 383 g/mol. The Labute approximate surface area is 168 Å². The summed E-state index contributed by atoms with van der Waals surface area (Å²) < 4.78 is 1.66. The summed E-state index contributed by atoms with van der Waals surface area (Å²) in [5.41, 5.74) is 1.85. The number of likely N-dealkylation sites (N-methyl/N-ethyl adjacent to an activating group) is 2. The van der Waals surface area contributed by atoms with Gasteiger partial charge in [0, 0.05) is 26.3 Å². The normalized spacial score (nSPS) is 12.4. The molecule has 0 saturated heterocycles. The Hall–Kier alpha value is -2.40. The Morgan fingerprint density at radius 2 is 1.71 bits per heavy atom. The number of benzene rings is 1. The van der Waals surface area contributed by atoms with Crippen molar-refractivity contribution in [2.75, 3.05) is 27.7 Å². The van der Waals surface area contributed by atoms with Crippen LogP contribution in [0.4, 0.5) is 0 Å². The number of nitrogens with zero attached hydrogens (tertiary/aromatic N) is 3. The first-order chi connectivity index (χ1) is 13.2. The summed E-state index contributed by atoms with van der Waals surface area (Å²) in [7, 11) is 5.76. The Kier molecular flexibility index (Phi) is 7.58. The van der Waals surface area contributed by atoms with E-state index in [-0.39, 0.29) is 23.1 Å². The van der Waals surface area contributed by atoms with E-state index in [0.29, 0.717) is 19.0 Å². The van der Waals surface area contributed by atoms with Crippen LogP contribution >= 0.6 is 0 Å². The summed E-state index contributed by atoms with van der Waals surface area (Å²) in [4.78, 5) is 30.2. The molecule has 0 saturated carbocycles. The SMILES string of the molecule is Cc1ccn(CCC(C)C)c(=O)c1C(=O)N(C)C(CN(C)C)c1ccccc1. The molecule has 0 fully saturated rings. The molecule has 0 radical (unpaired) electrons. The number of hydrogen-bond acceptors (Lipinski definition) is 3. The van der Waals surface area contributed by atoms with E-state index >= 15 is 0 Å². The summed E-state index contributed by atoms with van der Waals surface area (Å²) in [5, 5.41) is 0. The molecule has 1 unspecified atom stereocenters. The maximum atomic E-state index is 13.4. The van der Waals surface area contributed by atoms with Gasteiger partial charge in [0.1, 0.15) is 5.56 Å². The fourth-order valence-electron chi connectivity index (χ4n) is 3.29. The van der Waals surface area contributed by atoms with Gasteiger partial charge in [-0.1, -0.05) is 44.2 Å². The van der Waals surface area contributed by atoms with Crippen molar-refractivity contribution >= 4 is 5.91 Å². The third kappa shape index (κ3) is 5.32. The van der Waals surface area contributed by atoms with Crippen LogP contribution in [0.15, 0.2) is 47.4 Å². The second-order valence-electron chi connectivity index (χ2n) is 8.16. The molecule has 1 amide bonds. The summed E-state index contributed by atoms with van der Waals surface area (Å²) in [5.74, 6) is 0.273. The molecule has 5 nitrogen and oxygen atoms in total. The predicted molar refractivity (Wildman–Crippen MR) is 115 cm³/mol. The number of amides is 1. The molecule has 0 aliphatic heterocycles. The average Bonchev–Trinajstić information content (AvgIpc) is 2.65. The molecular formula is C23H33N3O2. The van der Waals surface area contributed by atoms with Crippen molar-refractivity contribution in [2.45, 2.75) is 39.8 Å². The first-order valence-corrected chi connectivity index (χ1v) is 9.89. The Morgan fingerprint density at radius 3 is 2.29 bits per heavy atom. The Balaban J connectivity index is 2.39. The minimum absolute atomic E-state index is 0.133. The predicted octanol–water partition coefficient (Wildman–Crippen LogP) is 3.58. The van der Waals surface area contributed by atoms with Crippen LogP contribution in [0, 0.1) is 12.8 Å². The summed E-state index contributed by atoms with van der Waals surface area (Å²) in [6.07, 6.45) is 2.70. The molecule has 2 rings (SSSR count). The van der Waals surface area contributed by atoms with Crippen LogP contribution in [0.3, 0.4) is 0 Å². The maximum absolute atomic E-state index is 13.4. The summed E-state index contributed by atoms with van der Waals surface area (Å²) in [6, 6.07) is 11.7. The van der Waals surface area contributed by atoms with Crippen molar-refractivity contribution in [3.05, 3.63) is 69.6 Å². The van der Waals surface area contributed by atoms with E-state index in [0.717, 1.165) is 17.5 Å². The van der Waals surface area contributed by atoms with Gasteiger partial charge in [-0.05, 0) is 50.6 Å². The number of hydrogen-bond donors (Lipinski definition) is 0. The van der Waals surface area contributed by atoms with Gasteiger partial charge in [-0.25, -0.2) is 0 Å². The molecule has 1 atom stereocenters. The van der Waals surface area contributed by atoms with Crippen LogP contribution in [0.1, 0.15) is 47.8 Å². The fraction of sp³-hybridized carbons (Fsp3) is 0.478. The molecule has 0 spiro atoms. The molecule has 5 heteroatoms. The van der Waals surface area contributed by atoms with E-state index in [1.165, 1.54) is 0 Å². The summed E-state index contributed by atoms with van der Waals surface area (Å²) in [6.45, 7) is 7.40. The van der Waals surface area contributed by atoms with E-state index in [4.69, 9.17) is 0 Å². The van der Waals surface area contributed by atoms with E-state index in [1.807, 2.05) is 57.4 Å². The van der Waals surface area contributed by atoms with E-state index in [2.05, 4.69) is 18.7 Å². The van der Waals surface area contributed by atoms with Gasteiger partial charge in [-0.2, -0.15) is 0 Å². The maximum Gasteiger partial charge on any atom is 0.263 e. The summed E-state index contributed by atoms with van der Waals surface area (Å²) >= 11 is 0. The van der Waals surface area contributed by atoms with Gasteiger partial charge in [0.15, 0.2) is 0 Å². The zero-order valence-electron chi connectivity index (χ0n) is 18.0. The van der Waals surface area contributed by atoms with E-state index in [1.54, 1.807) is 22.7 Å². The highest BCUT2D eigenvalue weighted by atomic mass is 16.2. The van der Waals surface area contributed by atoms with Crippen LogP contribution < -0.4 is 5.56 Å². The number of carbonyl (C=O) groups excluding carboxylic acids is 1. The highest BCUT2D eigenvalue weighted by Gasteiger charge is 2.26. The lowest BCUT2D eigenvalue weighted by atomic mass is 10.0. The van der Waals surface area contributed by atoms with Gasteiger partial charge in [0.2, 0.25) is 0 Å². The lowest BCUT2D eigenvalue weighted by Crippen LogP contribution is -2.40. The number of carbonyl (C=O) groups is 1. The lowest BCUT2D eigenvalue weighted by molar-refractivity contribution is 0.0702. The largest absolute Gasteiger partial charge is 0.333 e. The number of pyridine rings is 1. The Morgan fingerprint density at radius 1 is 1.07 bits per heavy atom. The lowest BCUT2D eigenvalue weighted by Gasteiger charge is -2.31. The molecular weight excluding hydrogens is 350 g/mol. The van der Waals surface area contributed by atoms with Gasteiger partial charge >= 0.3 is 0 Å². The molecule has 28 heavy (non-hydrogen) atoms. The topological polar surface area (TPSA) is 45.6 Å². The fourth-order valence-corrected chi connectivity index (χ4v) is 3.29. The second-order valence-corrected chi connectivity index (χ2v) is 8.16. The Bertz CT molecular complexity index is 841. The minimum Gasteiger partial charge on any atom is -0.333 e. The smallest absolute Gasteiger partial charge is 0.263 e. The number of aryl methyl sites for hydroxylation is 2. The third-order valence-corrected chi connectivity index (χ3v) is 5.05. The van der Waals surface area contributed by atoms with Crippen molar-refractivity contribution in [3.8, 4) is 0 Å². The van der Waals surface area contributed by atoms with Gasteiger partial charge in [-0.15, -0.1) is 0 Å². The van der Waals surface area contributed by atoms with E-state index < -0.39 is 0 Å². The van der Waals surface area contributed by atoms with Gasteiger partial charge in [-0.3, -0.25) is 9.59 Å². The van der Waals surface area contributed by atoms with Crippen LogP contribution in [-0.4, -0.2) is 48.0 Å². The van der Waals surface area contributed by atoms with Crippen molar-refractivity contribution in [2.24, 2.45) is 5.92 Å². The van der Waals surface area contributed by atoms with Gasteiger partial charge in [0.05, 0.1) is 6.04 Å². The molecule has 1 aromatic heterocycles. The molecule has 1 heterocycles. The van der Waals surface area contributed by atoms with Crippen LogP contribution in [0.5, 0.6) is 0 Å². The van der Waals surface area contributed by atoms with Crippen molar-refractivity contribution < 1.29 is 4.79 Å². The van der Waals surface area contributed by atoms with Crippen LogP contribution in [0.25, 0.3) is 0 Å². The first kappa shape index (κ1) is 21.9. The zero-order chi connectivity index (χ0) is 20.8. The first-order valence-electron chi connectivity index (χ1n) is 9.89. The number of rotatable bonds is 8. The van der Waals surface area contributed by atoms with Gasteiger partial charge < -0.3 is 14.4 Å². The van der Waals surface area contributed by atoms with Crippen molar-refractivity contribution in [1.29, 1.82) is 0 Å². The molecule has 0 aliphatic rings. The van der Waals surface area contributed by atoms with Gasteiger partial charge in [0.25, 0.3) is 11.5 Å². The van der Waals surface area contributed by atoms with Crippen LogP contribution in [-0.2, 0) is 6.54 Å². The zero-order valence-corrected chi connectivity index (χ0v) is 18.0.